The van der Waals surface area contributed by atoms with Crippen LogP contribution in [0.15, 0.2) is 54.9 Å². The summed E-state index contributed by atoms with van der Waals surface area (Å²) in [5.41, 5.74) is 1.83. The highest BCUT2D eigenvalue weighted by molar-refractivity contribution is 5.91. The van der Waals surface area contributed by atoms with Crippen LogP contribution in [0.3, 0.4) is 0 Å². The summed E-state index contributed by atoms with van der Waals surface area (Å²) in [5, 5.41) is 23.7. The van der Waals surface area contributed by atoms with E-state index in [2.05, 4.69) is 5.10 Å². The van der Waals surface area contributed by atoms with E-state index in [1.165, 1.54) is 19.2 Å². The average molecular weight is 310 g/mol. The van der Waals surface area contributed by atoms with Crippen molar-refractivity contribution in [1.82, 2.24) is 9.78 Å². The van der Waals surface area contributed by atoms with Gasteiger partial charge in [-0.1, -0.05) is 18.2 Å². The zero-order valence-electron chi connectivity index (χ0n) is 12.3. The number of hydrogen-bond donors (Lipinski definition) is 2. The summed E-state index contributed by atoms with van der Waals surface area (Å²) in [7, 11) is 1.37. The third-order valence-corrected chi connectivity index (χ3v) is 3.46. The summed E-state index contributed by atoms with van der Waals surface area (Å²) in [6.45, 7) is 0. The summed E-state index contributed by atoms with van der Waals surface area (Å²) in [6.07, 6.45) is 3.28. The average Bonchev–Trinajstić information content (AvgIpc) is 3.05. The molecule has 0 spiro atoms. The number of para-hydroxylation sites is 1. The molecule has 0 saturated heterocycles. The van der Waals surface area contributed by atoms with E-state index in [1.54, 1.807) is 17.1 Å². The fraction of sp³-hybridized carbons (Fsp3) is 0.0588. The first-order valence-corrected chi connectivity index (χ1v) is 6.85. The minimum atomic E-state index is -1.10. The molecule has 0 radical (unpaired) electrons. The van der Waals surface area contributed by atoms with Crippen LogP contribution in [0.1, 0.15) is 10.4 Å². The number of ether oxygens (including phenoxy) is 1. The van der Waals surface area contributed by atoms with E-state index >= 15 is 0 Å². The molecule has 0 aliphatic rings. The Morgan fingerprint density at radius 1 is 1.22 bits per heavy atom. The molecule has 1 heterocycles. The second-order valence-corrected chi connectivity index (χ2v) is 4.89. The molecule has 0 unspecified atom stereocenters. The Hall–Kier alpha value is -3.28. The second-order valence-electron chi connectivity index (χ2n) is 4.89. The fourth-order valence-electron chi connectivity index (χ4n) is 2.29. The number of methoxy groups -OCH3 is 1. The van der Waals surface area contributed by atoms with Gasteiger partial charge >= 0.3 is 5.97 Å². The van der Waals surface area contributed by atoms with Crippen LogP contribution in [-0.2, 0) is 0 Å². The van der Waals surface area contributed by atoms with Gasteiger partial charge in [0.05, 0.1) is 24.6 Å². The minimum Gasteiger partial charge on any atom is -0.504 e. The lowest BCUT2D eigenvalue weighted by Crippen LogP contribution is -1.98. The maximum Gasteiger partial charge on any atom is 0.335 e. The molecule has 0 amide bonds. The highest BCUT2D eigenvalue weighted by Crippen LogP contribution is 2.38. The van der Waals surface area contributed by atoms with E-state index in [0.717, 1.165) is 5.69 Å². The molecule has 116 valence electrons. The first-order valence-electron chi connectivity index (χ1n) is 6.85. The number of phenolic OH excluding ortho intramolecular Hbond substituents is 1. The zero-order valence-corrected chi connectivity index (χ0v) is 12.3. The van der Waals surface area contributed by atoms with Crippen molar-refractivity contribution in [2.75, 3.05) is 7.11 Å². The van der Waals surface area contributed by atoms with E-state index in [1.807, 2.05) is 30.3 Å². The monoisotopic (exact) mass is 310 g/mol. The highest BCUT2D eigenvalue weighted by atomic mass is 16.5. The van der Waals surface area contributed by atoms with Crippen LogP contribution in [0.5, 0.6) is 11.5 Å². The molecule has 2 aromatic carbocycles. The van der Waals surface area contributed by atoms with Gasteiger partial charge in [-0.3, -0.25) is 0 Å². The lowest BCUT2D eigenvalue weighted by atomic mass is 10.0. The maximum atomic E-state index is 11.2. The number of carboxylic acid groups (broad SMARTS) is 1. The Morgan fingerprint density at radius 2 is 1.96 bits per heavy atom. The van der Waals surface area contributed by atoms with Crippen LogP contribution in [0.2, 0.25) is 0 Å². The van der Waals surface area contributed by atoms with Gasteiger partial charge in [0.15, 0.2) is 11.5 Å². The number of aromatic hydroxyl groups is 1. The number of carbonyl (C=O) groups is 1. The smallest absolute Gasteiger partial charge is 0.335 e. The highest BCUT2D eigenvalue weighted by Gasteiger charge is 2.17. The summed E-state index contributed by atoms with van der Waals surface area (Å²) < 4.78 is 6.70. The molecule has 3 rings (SSSR count). The van der Waals surface area contributed by atoms with Gasteiger partial charge in [-0.2, -0.15) is 5.10 Å². The molecule has 2 N–H and O–H groups in total. The number of rotatable bonds is 4. The summed E-state index contributed by atoms with van der Waals surface area (Å²) >= 11 is 0. The molecule has 1 aromatic heterocycles. The number of aromatic nitrogens is 2. The lowest BCUT2D eigenvalue weighted by molar-refractivity contribution is 0.0696. The lowest BCUT2D eigenvalue weighted by Gasteiger charge is -2.09. The number of hydrogen-bond acceptors (Lipinski definition) is 4. The van der Waals surface area contributed by atoms with Crippen molar-refractivity contribution in [3.05, 3.63) is 60.4 Å². The van der Waals surface area contributed by atoms with Gasteiger partial charge in [-0.05, 0) is 24.3 Å². The van der Waals surface area contributed by atoms with Gasteiger partial charge in [0, 0.05) is 17.3 Å². The van der Waals surface area contributed by atoms with Gasteiger partial charge < -0.3 is 14.9 Å². The van der Waals surface area contributed by atoms with Crippen LogP contribution in [0.4, 0.5) is 0 Å². The van der Waals surface area contributed by atoms with Crippen molar-refractivity contribution in [3.8, 4) is 28.3 Å². The van der Waals surface area contributed by atoms with Gasteiger partial charge in [0.25, 0.3) is 0 Å². The fourth-order valence-corrected chi connectivity index (χ4v) is 2.29. The molecule has 0 aliphatic carbocycles. The van der Waals surface area contributed by atoms with Crippen LogP contribution < -0.4 is 4.74 Å². The SMILES string of the molecule is COc1cc(C(=O)O)cc(-c2cnn(-c3ccccc3)c2)c1O. The standard InChI is InChI=1S/C17H14N2O4/c1-23-15-8-11(17(21)22)7-14(16(15)20)12-9-18-19(10-12)13-5-3-2-4-6-13/h2-10,20H,1H3,(H,21,22). The van der Waals surface area contributed by atoms with Crippen molar-refractivity contribution in [3.63, 3.8) is 0 Å². The Labute approximate surface area is 132 Å². The van der Waals surface area contributed by atoms with Gasteiger partial charge in [0.2, 0.25) is 0 Å². The first-order chi connectivity index (χ1) is 11.1. The van der Waals surface area contributed by atoms with Crippen molar-refractivity contribution < 1.29 is 19.7 Å². The number of aromatic carboxylic acids is 1. The van der Waals surface area contributed by atoms with Crippen molar-refractivity contribution in [2.45, 2.75) is 0 Å². The predicted molar refractivity (Wildman–Crippen MR) is 84.2 cm³/mol. The van der Waals surface area contributed by atoms with Crippen molar-refractivity contribution >= 4 is 5.97 Å². The molecule has 3 aromatic rings. The minimum absolute atomic E-state index is 0.0297. The molecular weight excluding hydrogens is 296 g/mol. The van der Waals surface area contributed by atoms with E-state index in [4.69, 9.17) is 4.74 Å². The van der Waals surface area contributed by atoms with Crippen LogP contribution in [0.25, 0.3) is 16.8 Å². The van der Waals surface area contributed by atoms with Crippen LogP contribution >= 0.6 is 0 Å². The molecule has 23 heavy (non-hydrogen) atoms. The molecule has 0 saturated carbocycles. The third kappa shape index (κ3) is 2.74. The molecule has 0 atom stereocenters. The Kier molecular flexibility index (Phi) is 3.72. The van der Waals surface area contributed by atoms with E-state index in [9.17, 15) is 15.0 Å². The number of nitrogens with zero attached hydrogens (tertiary/aromatic N) is 2. The molecule has 0 fully saturated rings. The summed E-state index contributed by atoms with van der Waals surface area (Å²) in [5.74, 6) is -1.11. The Morgan fingerprint density at radius 3 is 2.61 bits per heavy atom. The van der Waals surface area contributed by atoms with Gasteiger partial charge in [0.1, 0.15) is 0 Å². The summed E-state index contributed by atoms with van der Waals surface area (Å²) in [6, 6.07) is 12.1. The quantitative estimate of drug-likeness (QED) is 0.774. The Balaban J connectivity index is 2.10. The number of benzene rings is 2. The largest absolute Gasteiger partial charge is 0.504 e. The zero-order chi connectivity index (χ0) is 16.4. The molecule has 0 bridgehead atoms. The third-order valence-electron chi connectivity index (χ3n) is 3.46. The predicted octanol–water partition coefficient (Wildman–Crippen LogP) is 2.95. The van der Waals surface area contributed by atoms with E-state index in [0.29, 0.717) is 11.1 Å². The molecular formula is C17H14N2O4. The van der Waals surface area contributed by atoms with E-state index < -0.39 is 5.97 Å². The number of phenols is 1. The molecule has 6 heteroatoms. The molecule has 6 nitrogen and oxygen atoms in total. The number of carboxylic acids is 1. The van der Waals surface area contributed by atoms with E-state index in [-0.39, 0.29) is 17.1 Å². The first kappa shape index (κ1) is 14.6. The van der Waals surface area contributed by atoms with Crippen molar-refractivity contribution in [2.24, 2.45) is 0 Å². The summed E-state index contributed by atoms with van der Waals surface area (Å²) in [4.78, 5) is 11.2. The van der Waals surface area contributed by atoms with Crippen molar-refractivity contribution in [1.29, 1.82) is 0 Å². The normalized spacial score (nSPS) is 10.5. The molecule has 0 aliphatic heterocycles. The van der Waals surface area contributed by atoms with Crippen LogP contribution in [-0.4, -0.2) is 33.1 Å². The van der Waals surface area contributed by atoms with Crippen LogP contribution in [0, 0.1) is 0 Å². The Bertz CT molecular complexity index is 856. The topological polar surface area (TPSA) is 84.6 Å². The maximum absolute atomic E-state index is 11.2. The van der Waals surface area contributed by atoms with Gasteiger partial charge in [-0.25, -0.2) is 9.48 Å². The van der Waals surface area contributed by atoms with Gasteiger partial charge in [-0.15, -0.1) is 0 Å². The second kappa shape index (κ2) is 5.84.